The van der Waals surface area contributed by atoms with Crippen molar-refractivity contribution in [1.82, 2.24) is 10.2 Å². The van der Waals surface area contributed by atoms with Crippen LogP contribution in [0.1, 0.15) is 26.3 Å². The predicted octanol–water partition coefficient (Wildman–Crippen LogP) is 3.94. The van der Waals surface area contributed by atoms with E-state index in [4.69, 9.17) is 16.3 Å². The molecule has 1 fully saturated rings. The van der Waals surface area contributed by atoms with Crippen LogP contribution in [0, 0.1) is 0 Å². The summed E-state index contributed by atoms with van der Waals surface area (Å²) in [6.07, 6.45) is -5.35. The van der Waals surface area contributed by atoms with Gasteiger partial charge in [-0.2, -0.15) is 13.2 Å². The highest BCUT2D eigenvalue weighted by atomic mass is 35.5. The summed E-state index contributed by atoms with van der Waals surface area (Å²) >= 11 is 5.78. The van der Waals surface area contributed by atoms with Crippen LogP contribution in [0.15, 0.2) is 24.3 Å². The van der Waals surface area contributed by atoms with Gasteiger partial charge in [0.25, 0.3) is 0 Å². The van der Waals surface area contributed by atoms with Crippen LogP contribution in [0.25, 0.3) is 0 Å². The zero-order valence-electron chi connectivity index (χ0n) is 13.7. The molecule has 0 radical (unpaired) electrons. The molecule has 1 atom stereocenters. The van der Waals surface area contributed by atoms with Crippen LogP contribution in [0.2, 0.25) is 5.02 Å². The number of rotatable bonds is 1. The largest absolute Gasteiger partial charge is 0.444 e. The second-order valence-electron chi connectivity index (χ2n) is 6.74. The van der Waals surface area contributed by atoms with Gasteiger partial charge in [0, 0.05) is 18.1 Å². The van der Waals surface area contributed by atoms with Gasteiger partial charge < -0.3 is 9.64 Å². The Morgan fingerprint density at radius 2 is 1.83 bits per heavy atom. The van der Waals surface area contributed by atoms with E-state index < -0.39 is 30.0 Å². The molecular formula is C16H20ClF3N2O2. The molecule has 0 aromatic heterocycles. The molecule has 1 aliphatic rings. The Labute approximate surface area is 143 Å². The summed E-state index contributed by atoms with van der Waals surface area (Å²) in [7, 11) is 0. The van der Waals surface area contributed by atoms with Crippen LogP contribution >= 0.6 is 11.6 Å². The second kappa shape index (κ2) is 6.44. The number of nitrogens with zero attached hydrogens (tertiary/aromatic N) is 1. The van der Waals surface area contributed by atoms with E-state index in [-0.39, 0.29) is 18.7 Å². The quantitative estimate of drug-likeness (QED) is 0.820. The van der Waals surface area contributed by atoms with E-state index in [1.165, 1.54) is 24.3 Å². The van der Waals surface area contributed by atoms with Crippen LogP contribution in [-0.4, -0.2) is 42.4 Å². The van der Waals surface area contributed by atoms with Gasteiger partial charge in [0.1, 0.15) is 5.60 Å². The molecule has 1 aliphatic heterocycles. The van der Waals surface area contributed by atoms with Gasteiger partial charge in [-0.3, -0.25) is 5.32 Å². The molecule has 2 rings (SSSR count). The van der Waals surface area contributed by atoms with Gasteiger partial charge in [-0.25, -0.2) is 4.79 Å². The van der Waals surface area contributed by atoms with Crippen molar-refractivity contribution < 1.29 is 22.7 Å². The minimum Gasteiger partial charge on any atom is -0.444 e. The van der Waals surface area contributed by atoms with Gasteiger partial charge in [-0.1, -0.05) is 23.7 Å². The first kappa shape index (κ1) is 18.9. The smallest absolute Gasteiger partial charge is 0.412 e. The molecule has 0 bridgehead atoms. The minimum atomic E-state index is -4.60. The highest BCUT2D eigenvalue weighted by Gasteiger charge is 2.58. The van der Waals surface area contributed by atoms with Crippen molar-refractivity contribution in [1.29, 1.82) is 0 Å². The Kier molecular flexibility index (Phi) is 5.06. The molecule has 1 aromatic carbocycles. The molecule has 1 unspecified atom stereocenters. The Morgan fingerprint density at radius 3 is 2.33 bits per heavy atom. The summed E-state index contributed by atoms with van der Waals surface area (Å²) < 4.78 is 46.9. The van der Waals surface area contributed by atoms with E-state index in [9.17, 15) is 18.0 Å². The molecular weight excluding hydrogens is 345 g/mol. The number of hydrogen-bond donors (Lipinski definition) is 1. The summed E-state index contributed by atoms with van der Waals surface area (Å²) in [4.78, 5) is 13.3. The first-order chi connectivity index (χ1) is 10.9. The summed E-state index contributed by atoms with van der Waals surface area (Å²) in [6.45, 7) is 4.59. The Hall–Kier alpha value is -1.47. The van der Waals surface area contributed by atoms with Crippen LogP contribution in [0.5, 0.6) is 0 Å². The second-order valence-corrected chi connectivity index (χ2v) is 7.18. The summed E-state index contributed by atoms with van der Waals surface area (Å²) in [5, 5.41) is 2.88. The maximum Gasteiger partial charge on any atom is 0.412 e. The summed E-state index contributed by atoms with van der Waals surface area (Å²) in [5.41, 5.74) is -3.12. The molecule has 24 heavy (non-hydrogen) atoms. The fourth-order valence-electron chi connectivity index (χ4n) is 2.59. The number of alkyl halides is 3. The van der Waals surface area contributed by atoms with E-state index in [2.05, 4.69) is 5.32 Å². The number of halogens is 4. The molecule has 4 nitrogen and oxygen atoms in total. The molecule has 1 N–H and O–H groups in total. The normalized spacial score (nSPS) is 22.4. The molecule has 1 saturated heterocycles. The van der Waals surface area contributed by atoms with E-state index in [1.54, 1.807) is 20.8 Å². The SMILES string of the molecule is CC(C)(C)OC(=O)N1CCNC(c2ccc(Cl)cc2)(C(F)(F)F)C1. The average Bonchev–Trinajstić information content (AvgIpc) is 2.45. The van der Waals surface area contributed by atoms with Gasteiger partial charge in [0.15, 0.2) is 5.54 Å². The first-order valence-corrected chi connectivity index (χ1v) is 7.88. The summed E-state index contributed by atoms with van der Waals surface area (Å²) in [6, 6.07) is 5.44. The fraction of sp³-hybridized carbons (Fsp3) is 0.562. The van der Waals surface area contributed by atoms with Crippen molar-refractivity contribution in [3.63, 3.8) is 0 Å². The van der Waals surface area contributed by atoms with Gasteiger partial charge in [-0.15, -0.1) is 0 Å². The molecule has 1 heterocycles. The number of hydrogen-bond acceptors (Lipinski definition) is 3. The van der Waals surface area contributed by atoms with Crippen molar-refractivity contribution in [3.05, 3.63) is 34.9 Å². The maximum atomic E-state index is 13.9. The Morgan fingerprint density at radius 1 is 1.25 bits per heavy atom. The van der Waals surface area contributed by atoms with Crippen LogP contribution in [0.3, 0.4) is 0 Å². The van der Waals surface area contributed by atoms with Crippen molar-refractivity contribution >= 4 is 17.7 Å². The average molecular weight is 365 g/mol. The highest BCUT2D eigenvalue weighted by Crippen LogP contribution is 2.41. The standard InChI is InChI=1S/C16H20ClF3N2O2/c1-14(2,3)24-13(23)22-9-8-21-15(10-22,16(18,19)20)11-4-6-12(17)7-5-11/h4-7,21H,8-10H2,1-3H3. The lowest BCUT2D eigenvalue weighted by atomic mass is 9.87. The van der Waals surface area contributed by atoms with Crippen LogP contribution in [-0.2, 0) is 10.3 Å². The third kappa shape index (κ3) is 3.95. The zero-order valence-corrected chi connectivity index (χ0v) is 14.5. The highest BCUT2D eigenvalue weighted by molar-refractivity contribution is 6.30. The Balaban J connectivity index is 2.35. The van der Waals surface area contributed by atoms with Gasteiger partial charge in [-0.05, 0) is 38.5 Å². The maximum absolute atomic E-state index is 13.9. The third-order valence-corrected chi connectivity index (χ3v) is 3.96. The monoisotopic (exact) mass is 364 g/mol. The molecule has 0 spiro atoms. The number of piperazine rings is 1. The van der Waals surface area contributed by atoms with Gasteiger partial charge >= 0.3 is 12.3 Å². The number of nitrogens with one attached hydrogen (secondary N) is 1. The van der Waals surface area contributed by atoms with E-state index in [0.29, 0.717) is 5.02 Å². The van der Waals surface area contributed by atoms with Gasteiger partial charge in [0.2, 0.25) is 0 Å². The van der Waals surface area contributed by atoms with Crippen molar-refractivity contribution in [3.8, 4) is 0 Å². The molecule has 0 aliphatic carbocycles. The number of benzene rings is 1. The fourth-order valence-corrected chi connectivity index (χ4v) is 2.72. The zero-order chi connectivity index (χ0) is 18.2. The number of amides is 1. The van der Waals surface area contributed by atoms with Crippen molar-refractivity contribution in [2.24, 2.45) is 0 Å². The van der Waals surface area contributed by atoms with Crippen molar-refractivity contribution in [2.75, 3.05) is 19.6 Å². The lowest BCUT2D eigenvalue weighted by molar-refractivity contribution is -0.210. The lowest BCUT2D eigenvalue weighted by Crippen LogP contribution is -2.66. The number of ether oxygens (including phenoxy) is 1. The topological polar surface area (TPSA) is 41.6 Å². The molecule has 0 saturated carbocycles. The van der Waals surface area contributed by atoms with Crippen LogP contribution < -0.4 is 5.32 Å². The molecule has 8 heteroatoms. The Bertz CT molecular complexity index is 599. The predicted molar refractivity (Wildman–Crippen MR) is 85.0 cm³/mol. The van der Waals surface area contributed by atoms with Gasteiger partial charge in [0.05, 0.1) is 6.54 Å². The van der Waals surface area contributed by atoms with Crippen molar-refractivity contribution in [2.45, 2.75) is 38.1 Å². The number of carbonyl (C=O) groups excluding carboxylic acids is 1. The molecule has 1 amide bonds. The first-order valence-electron chi connectivity index (χ1n) is 7.50. The third-order valence-electron chi connectivity index (χ3n) is 3.71. The van der Waals surface area contributed by atoms with E-state index >= 15 is 0 Å². The lowest BCUT2D eigenvalue weighted by Gasteiger charge is -2.44. The van der Waals surface area contributed by atoms with E-state index in [1.807, 2.05) is 0 Å². The van der Waals surface area contributed by atoms with E-state index in [0.717, 1.165) is 4.90 Å². The number of carbonyl (C=O) groups is 1. The molecule has 134 valence electrons. The van der Waals surface area contributed by atoms with Crippen LogP contribution in [0.4, 0.5) is 18.0 Å². The molecule has 1 aromatic rings. The minimum absolute atomic E-state index is 0.00137. The summed E-state index contributed by atoms with van der Waals surface area (Å²) in [5.74, 6) is 0.